The molecule has 32 heavy (non-hydrogen) atoms. The third kappa shape index (κ3) is 4.77. The van der Waals surface area contributed by atoms with Crippen molar-refractivity contribution in [2.45, 2.75) is 13.2 Å². The summed E-state index contributed by atoms with van der Waals surface area (Å²) in [5.74, 6) is -0.528. The molecular formula is C24H17Cl2FN2O3. The van der Waals surface area contributed by atoms with Crippen LogP contribution in [0.2, 0.25) is 10.0 Å². The zero-order valence-corrected chi connectivity index (χ0v) is 18.2. The normalized spacial score (nSPS) is 14.7. The van der Waals surface area contributed by atoms with Crippen LogP contribution in [0.3, 0.4) is 0 Å². The lowest BCUT2D eigenvalue weighted by atomic mass is 10.1. The minimum absolute atomic E-state index is 0.0758. The molecule has 4 rings (SSSR count). The topological polar surface area (TPSA) is 58.6 Å². The first-order chi connectivity index (χ1) is 15.4. The van der Waals surface area contributed by atoms with Crippen molar-refractivity contribution < 1.29 is 18.7 Å². The fourth-order valence-corrected chi connectivity index (χ4v) is 3.66. The molecule has 162 valence electrons. The van der Waals surface area contributed by atoms with E-state index in [1.807, 2.05) is 0 Å². The Labute approximate surface area is 194 Å². The molecule has 1 N–H and O–H groups in total. The maximum absolute atomic E-state index is 14.0. The highest BCUT2D eigenvalue weighted by Gasteiger charge is 2.34. The van der Waals surface area contributed by atoms with E-state index in [1.54, 1.807) is 54.6 Å². The highest BCUT2D eigenvalue weighted by atomic mass is 35.5. The molecule has 0 aliphatic carbocycles. The smallest absolute Gasteiger partial charge is 0.329 e. The number of ether oxygens (including phenoxy) is 1. The number of benzene rings is 3. The molecule has 3 aromatic carbocycles. The van der Waals surface area contributed by atoms with Gasteiger partial charge in [0, 0.05) is 26.7 Å². The first-order valence-corrected chi connectivity index (χ1v) is 10.4. The van der Waals surface area contributed by atoms with Crippen LogP contribution in [0, 0.1) is 5.82 Å². The number of hydrogen-bond donors (Lipinski definition) is 1. The lowest BCUT2D eigenvalue weighted by molar-refractivity contribution is -0.123. The van der Waals surface area contributed by atoms with Crippen molar-refractivity contribution in [1.29, 1.82) is 0 Å². The summed E-state index contributed by atoms with van der Waals surface area (Å²) in [5, 5.41) is 3.55. The summed E-state index contributed by atoms with van der Waals surface area (Å²) in [6, 6.07) is 17.6. The van der Waals surface area contributed by atoms with Crippen LogP contribution in [-0.2, 0) is 17.9 Å². The number of halogens is 3. The Morgan fingerprint density at radius 1 is 0.969 bits per heavy atom. The first-order valence-electron chi connectivity index (χ1n) is 9.66. The quantitative estimate of drug-likeness (QED) is 0.365. The predicted octanol–water partition coefficient (Wildman–Crippen LogP) is 5.80. The molecular weight excluding hydrogens is 454 g/mol. The number of nitrogens with one attached hydrogen (secondary N) is 1. The number of amides is 3. The number of para-hydroxylation sites is 1. The average molecular weight is 471 g/mol. The summed E-state index contributed by atoms with van der Waals surface area (Å²) in [4.78, 5) is 26.1. The first kappa shape index (κ1) is 21.9. The number of urea groups is 1. The Morgan fingerprint density at radius 2 is 1.72 bits per heavy atom. The molecule has 1 aliphatic heterocycles. The molecule has 1 saturated heterocycles. The lowest BCUT2D eigenvalue weighted by Gasteiger charge is -2.12. The number of hydrogen-bond acceptors (Lipinski definition) is 3. The van der Waals surface area contributed by atoms with Crippen molar-refractivity contribution in [1.82, 2.24) is 10.2 Å². The number of nitrogens with zero attached hydrogens (tertiary/aromatic N) is 1. The van der Waals surface area contributed by atoms with Gasteiger partial charge >= 0.3 is 6.03 Å². The molecule has 1 heterocycles. The molecule has 5 nitrogen and oxygen atoms in total. The van der Waals surface area contributed by atoms with Crippen LogP contribution in [0.15, 0.2) is 72.4 Å². The number of imide groups is 1. The molecule has 1 aliphatic rings. The number of carbonyl (C=O) groups excluding carboxylic acids is 2. The Hall–Kier alpha value is -3.35. The van der Waals surface area contributed by atoms with E-state index in [0.29, 0.717) is 21.4 Å². The molecule has 0 atom stereocenters. The van der Waals surface area contributed by atoms with Crippen LogP contribution in [0.4, 0.5) is 9.18 Å². The minimum atomic E-state index is -0.615. The van der Waals surface area contributed by atoms with Crippen molar-refractivity contribution in [3.63, 3.8) is 0 Å². The van der Waals surface area contributed by atoms with E-state index in [-0.39, 0.29) is 24.4 Å². The van der Waals surface area contributed by atoms with Gasteiger partial charge in [0.2, 0.25) is 0 Å². The van der Waals surface area contributed by atoms with Gasteiger partial charge in [0.15, 0.2) is 0 Å². The van der Waals surface area contributed by atoms with Gasteiger partial charge in [-0.2, -0.15) is 0 Å². The van der Waals surface area contributed by atoms with E-state index in [0.717, 1.165) is 10.5 Å². The minimum Gasteiger partial charge on any atom is -0.488 e. The molecule has 0 saturated carbocycles. The second kappa shape index (κ2) is 9.42. The van der Waals surface area contributed by atoms with Gasteiger partial charge in [0.1, 0.15) is 23.9 Å². The summed E-state index contributed by atoms with van der Waals surface area (Å²) >= 11 is 12.1. The Bertz CT molecular complexity index is 1230. The highest BCUT2D eigenvalue weighted by molar-refractivity contribution is 6.35. The standard InChI is InChI=1S/C24H17Cl2FN2O3/c25-18-10-9-17(19(26)12-18)14-32-22-8-4-2-5-15(22)11-21-23(30)29(24(31)28-21)13-16-6-1-3-7-20(16)27/h1-12H,13-14H2,(H,28,31)/b21-11+. The van der Waals surface area contributed by atoms with Crippen LogP contribution in [0.1, 0.15) is 16.7 Å². The van der Waals surface area contributed by atoms with Gasteiger partial charge in [0.05, 0.1) is 6.54 Å². The van der Waals surface area contributed by atoms with Gasteiger partial charge in [-0.25, -0.2) is 9.18 Å². The Balaban J connectivity index is 1.53. The lowest BCUT2D eigenvalue weighted by Crippen LogP contribution is -2.30. The fraction of sp³-hybridized carbons (Fsp3) is 0.0833. The average Bonchev–Trinajstić information content (AvgIpc) is 3.03. The molecule has 0 bridgehead atoms. The van der Waals surface area contributed by atoms with Gasteiger partial charge in [-0.15, -0.1) is 0 Å². The molecule has 0 aromatic heterocycles. The summed E-state index contributed by atoms with van der Waals surface area (Å²) in [6.45, 7) is 0.0256. The van der Waals surface area contributed by atoms with Crippen molar-refractivity contribution in [2.75, 3.05) is 0 Å². The second-order valence-electron chi connectivity index (χ2n) is 7.03. The molecule has 1 fully saturated rings. The van der Waals surface area contributed by atoms with E-state index in [2.05, 4.69) is 5.32 Å². The third-order valence-electron chi connectivity index (χ3n) is 4.87. The molecule has 0 radical (unpaired) electrons. The van der Waals surface area contributed by atoms with E-state index in [1.165, 1.54) is 18.2 Å². The summed E-state index contributed by atoms with van der Waals surface area (Å²) in [5.41, 5.74) is 1.67. The number of carbonyl (C=O) groups is 2. The summed E-state index contributed by atoms with van der Waals surface area (Å²) in [7, 11) is 0. The van der Waals surface area contributed by atoms with E-state index < -0.39 is 17.8 Å². The Morgan fingerprint density at radius 3 is 2.50 bits per heavy atom. The third-order valence-corrected chi connectivity index (χ3v) is 5.45. The van der Waals surface area contributed by atoms with Gasteiger partial charge in [-0.05, 0) is 30.3 Å². The summed E-state index contributed by atoms with van der Waals surface area (Å²) < 4.78 is 19.8. The van der Waals surface area contributed by atoms with Crippen molar-refractivity contribution in [3.05, 3.63) is 105 Å². The Kier molecular flexibility index (Phi) is 6.44. The van der Waals surface area contributed by atoms with Gasteiger partial charge < -0.3 is 10.1 Å². The predicted molar refractivity (Wildman–Crippen MR) is 121 cm³/mol. The zero-order valence-electron chi connectivity index (χ0n) is 16.6. The molecule has 3 amide bonds. The SMILES string of the molecule is O=C1N/C(=C/c2ccccc2OCc2ccc(Cl)cc2Cl)C(=O)N1Cc1ccccc1F. The van der Waals surface area contributed by atoms with Gasteiger partial charge in [-0.1, -0.05) is 65.7 Å². The molecule has 3 aromatic rings. The van der Waals surface area contributed by atoms with Crippen LogP contribution in [0.25, 0.3) is 6.08 Å². The molecule has 0 unspecified atom stereocenters. The van der Waals surface area contributed by atoms with Gasteiger partial charge in [0.25, 0.3) is 5.91 Å². The fourth-order valence-electron chi connectivity index (χ4n) is 3.19. The highest BCUT2D eigenvalue weighted by Crippen LogP contribution is 2.27. The van der Waals surface area contributed by atoms with Crippen LogP contribution in [0.5, 0.6) is 5.75 Å². The number of rotatable bonds is 6. The van der Waals surface area contributed by atoms with Crippen LogP contribution in [-0.4, -0.2) is 16.8 Å². The molecule has 8 heteroatoms. The van der Waals surface area contributed by atoms with E-state index in [9.17, 15) is 14.0 Å². The maximum Gasteiger partial charge on any atom is 0.329 e. The monoisotopic (exact) mass is 470 g/mol. The van der Waals surface area contributed by atoms with Crippen molar-refractivity contribution >= 4 is 41.2 Å². The van der Waals surface area contributed by atoms with Gasteiger partial charge in [-0.3, -0.25) is 9.69 Å². The van der Waals surface area contributed by atoms with Crippen LogP contribution < -0.4 is 10.1 Å². The van der Waals surface area contributed by atoms with Crippen molar-refractivity contribution in [3.8, 4) is 5.75 Å². The zero-order chi connectivity index (χ0) is 22.7. The van der Waals surface area contributed by atoms with Crippen molar-refractivity contribution in [2.24, 2.45) is 0 Å². The second-order valence-corrected chi connectivity index (χ2v) is 7.88. The maximum atomic E-state index is 14.0. The molecule has 0 spiro atoms. The van der Waals surface area contributed by atoms with E-state index >= 15 is 0 Å². The summed E-state index contributed by atoms with van der Waals surface area (Å²) in [6.07, 6.45) is 1.53. The van der Waals surface area contributed by atoms with Crippen LogP contribution >= 0.6 is 23.2 Å². The van der Waals surface area contributed by atoms with E-state index in [4.69, 9.17) is 27.9 Å². The largest absolute Gasteiger partial charge is 0.488 e.